The van der Waals surface area contributed by atoms with Crippen LogP contribution in [0.1, 0.15) is 67.8 Å². The summed E-state index contributed by atoms with van der Waals surface area (Å²) in [6, 6.07) is 3.96. The number of aromatic nitrogens is 5. The van der Waals surface area contributed by atoms with E-state index in [0.29, 0.717) is 25.2 Å². The fraction of sp³-hybridized carbons (Fsp3) is 0.500. The number of pyridine rings is 1. The van der Waals surface area contributed by atoms with Crippen molar-refractivity contribution in [2.24, 2.45) is 0 Å². The van der Waals surface area contributed by atoms with Gasteiger partial charge < -0.3 is 25.0 Å². The molecule has 0 unspecified atom stereocenters. The van der Waals surface area contributed by atoms with Crippen molar-refractivity contribution in [2.45, 2.75) is 64.6 Å². The zero-order valence-corrected chi connectivity index (χ0v) is 22.3. The van der Waals surface area contributed by atoms with Crippen LogP contribution in [0.15, 0.2) is 37.2 Å². The first kappa shape index (κ1) is 25.8. The third-order valence-corrected chi connectivity index (χ3v) is 7.08. The fourth-order valence-corrected chi connectivity index (χ4v) is 4.36. The first-order chi connectivity index (χ1) is 16.1. The molecule has 184 valence electrons. The highest BCUT2D eigenvalue weighted by Crippen LogP contribution is 2.31. The Morgan fingerprint density at radius 3 is 2.24 bits per heavy atom. The summed E-state index contributed by atoms with van der Waals surface area (Å²) in [4.78, 5) is 32.2. The molecular formula is C24H37N7O2Si. The molecule has 3 rings (SSSR count). The number of amides is 1. The van der Waals surface area contributed by atoms with Crippen molar-refractivity contribution in [1.82, 2.24) is 35.6 Å². The van der Waals surface area contributed by atoms with E-state index in [1.807, 2.05) is 32.2 Å². The molecule has 0 fully saturated rings. The van der Waals surface area contributed by atoms with Gasteiger partial charge in [0.15, 0.2) is 9.76 Å². The van der Waals surface area contributed by atoms with Crippen LogP contribution in [0.5, 0.6) is 0 Å². The number of rotatable bonds is 12. The molecule has 0 aliphatic rings. The Bertz CT molecular complexity index is 1030. The van der Waals surface area contributed by atoms with Crippen molar-refractivity contribution in [3.05, 3.63) is 65.5 Å². The van der Waals surface area contributed by atoms with Gasteiger partial charge in [0.1, 0.15) is 5.69 Å². The van der Waals surface area contributed by atoms with Gasteiger partial charge in [-0.05, 0) is 25.0 Å². The molecule has 1 amide bonds. The number of carbonyl (C=O) groups is 1. The van der Waals surface area contributed by atoms with E-state index in [1.54, 1.807) is 18.9 Å². The van der Waals surface area contributed by atoms with Crippen molar-refractivity contribution >= 4 is 15.7 Å². The van der Waals surface area contributed by atoms with Gasteiger partial charge in [-0.25, -0.2) is 15.0 Å². The lowest BCUT2D eigenvalue weighted by atomic mass is 9.95. The molecule has 10 heteroatoms. The Labute approximate surface area is 203 Å². The number of imidazole rings is 2. The van der Waals surface area contributed by atoms with Crippen molar-refractivity contribution < 1.29 is 9.22 Å². The van der Waals surface area contributed by atoms with Gasteiger partial charge >= 0.3 is 0 Å². The molecule has 0 saturated heterocycles. The SMILES string of the molecule is CC(C)(C)[SiH2]OC(C)(C)c1ccc(CNCCc2cnc[nH]2)nc1C(=O)NCCc1cnc[nH]1. The summed E-state index contributed by atoms with van der Waals surface area (Å²) in [6.45, 7) is 12.5. The quantitative estimate of drug-likeness (QED) is 0.232. The number of H-pyrrole nitrogens is 2. The van der Waals surface area contributed by atoms with Gasteiger partial charge in [0.2, 0.25) is 0 Å². The zero-order chi connectivity index (χ0) is 24.6. The number of nitrogens with one attached hydrogen (secondary N) is 4. The summed E-state index contributed by atoms with van der Waals surface area (Å²) >= 11 is 0. The number of aromatic amines is 2. The number of hydrogen-bond donors (Lipinski definition) is 4. The zero-order valence-electron chi connectivity index (χ0n) is 20.9. The lowest BCUT2D eigenvalue weighted by Gasteiger charge is -2.31. The van der Waals surface area contributed by atoms with E-state index in [9.17, 15) is 4.79 Å². The molecule has 0 radical (unpaired) electrons. The van der Waals surface area contributed by atoms with E-state index in [4.69, 9.17) is 9.41 Å². The third kappa shape index (κ3) is 7.89. The van der Waals surface area contributed by atoms with Crippen molar-refractivity contribution in [1.29, 1.82) is 0 Å². The van der Waals surface area contributed by atoms with Crippen LogP contribution in [0.4, 0.5) is 0 Å². The molecule has 0 saturated carbocycles. The third-order valence-electron chi connectivity index (χ3n) is 5.35. The second-order valence-electron chi connectivity index (χ2n) is 10.1. The molecule has 0 atom stereocenters. The molecule has 4 N–H and O–H groups in total. The molecular weight excluding hydrogens is 446 g/mol. The van der Waals surface area contributed by atoms with Crippen molar-refractivity contribution in [2.75, 3.05) is 13.1 Å². The Balaban J connectivity index is 1.71. The topological polar surface area (TPSA) is 121 Å². The van der Waals surface area contributed by atoms with Gasteiger partial charge in [-0.1, -0.05) is 26.8 Å². The molecule has 0 aromatic carbocycles. The van der Waals surface area contributed by atoms with E-state index < -0.39 is 15.4 Å². The van der Waals surface area contributed by atoms with Gasteiger partial charge in [-0.15, -0.1) is 0 Å². The summed E-state index contributed by atoms with van der Waals surface area (Å²) < 4.78 is 6.39. The fourth-order valence-electron chi connectivity index (χ4n) is 3.41. The Hall–Kier alpha value is -2.82. The summed E-state index contributed by atoms with van der Waals surface area (Å²) in [7, 11) is -0.822. The van der Waals surface area contributed by atoms with Crippen LogP contribution in [-0.2, 0) is 29.4 Å². The van der Waals surface area contributed by atoms with Gasteiger partial charge in [0.05, 0.1) is 23.9 Å². The predicted octanol–water partition coefficient (Wildman–Crippen LogP) is 2.39. The number of hydrogen-bond acceptors (Lipinski definition) is 6. The van der Waals surface area contributed by atoms with E-state index in [0.717, 1.165) is 35.6 Å². The standard InChI is InChI=1S/C24H37N7O2Si/c1-23(2,3)34-33-24(4,5)20-7-6-19(14-25-10-8-17-12-26-15-29-17)31-21(20)22(32)28-11-9-18-13-27-16-30-18/h6-7,12-13,15-16,25H,8-11,14,34H2,1-5H3,(H,26,29)(H,27,30)(H,28,32). The van der Waals surface area contributed by atoms with Gasteiger partial charge in [0, 0.05) is 61.8 Å². The molecule has 0 bridgehead atoms. The molecule has 0 aliphatic heterocycles. The van der Waals surface area contributed by atoms with Gasteiger partial charge in [-0.2, -0.15) is 0 Å². The first-order valence-corrected chi connectivity index (χ1v) is 13.0. The maximum Gasteiger partial charge on any atom is 0.270 e. The molecule has 3 aromatic heterocycles. The number of nitrogens with zero attached hydrogens (tertiary/aromatic N) is 3. The van der Waals surface area contributed by atoms with Crippen LogP contribution in [0.3, 0.4) is 0 Å². The molecule has 3 aromatic rings. The average molecular weight is 484 g/mol. The van der Waals surface area contributed by atoms with Crippen LogP contribution in [0.2, 0.25) is 5.04 Å². The van der Waals surface area contributed by atoms with Crippen LogP contribution in [0, 0.1) is 0 Å². The molecule has 9 nitrogen and oxygen atoms in total. The van der Waals surface area contributed by atoms with Gasteiger partial charge in [-0.3, -0.25) is 4.79 Å². The summed E-state index contributed by atoms with van der Waals surface area (Å²) in [5.41, 5.74) is 3.50. The molecule has 34 heavy (non-hydrogen) atoms. The minimum absolute atomic E-state index is 0.149. The predicted molar refractivity (Wildman–Crippen MR) is 135 cm³/mol. The Morgan fingerprint density at radius 2 is 1.65 bits per heavy atom. The molecule has 0 spiro atoms. The Morgan fingerprint density at radius 1 is 1.00 bits per heavy atom. The monoisotopic (exact) mass is 483 g/mol. The molecule has 3 heterocycles. The highest BCUT2D eigenvalue weighted by Gasteiger charge is 2.30. The van der Waals surface area contributed by atoms with E-state index in [1.165, 1.54) is 0 Å². The second-order valence-corrected chi connectivity index (χ2v) is 12.8. The van der Waals surface area contributed by atoms with E-state index in [-0.39, 0.29) is 10.9 Å². The van der Waals surface area contributed by atoms with Gasteiger partial charge in [0.25, 0.3) is 5.91 Å². The van der Waals surface area contributed by atoms with Crippen LogP contribution >= 0.6 is 0 Å². The van der Waals surface area contributed by atoms with Crippen LogP contribution in [-0.4, -0.2) is 53.7 Å². The highest BCUT2D eigenvalue weighted by atomic mass is 28.2. The van der Waals surface area contributed by atoms with E-state index in [2.05, 4.69) is 51.3 Å². The van der Waals surface area contributed by atoms with Crippen molar-refractivity contribution in [3.8, 4) is 0 Å². The maximum absolute atomic E-state index is 13.2. The Kier molecular flexibility index (Phi) is 8.76. The summed E-state index contributed by atoms with van der Waals surface area (Å²) in [5, 5.41) is 6.55. The largest absolute Gasteiger partial charge is 0.414 e. The summed E-state index contributed by atoms with van der Waals surface area (Å²) in [5.74, 6) is -0.192. The number of carbonyl (C=O) groups excluding carboxylic acids is 1. The first-order valence-electron chi connectivity index (χ1n) is 11.7. The summed E-state index contributed by atoms with van der Waals surface area (Å²) in [6.07, 6.45) is 8.42. The lowest BCUT2D eigenvalue weighted by molar-refractivity contribution is 0.0903. The second kappa shape index (κ2) is 11.5. The lowest BCUT2D eigenvalue weighted by Crippen LogP contribution is -2.34. The smallest absolute Gasteiger partial charge is 0.270 e. The van der Waals surface area contributed by atoms with Crippen LogP contribution < -0.4 is 10.6 Å². The van der Waals surface area contributed by atoms with E-state index >= 15 is 0 Å². The van der Waals surface area contributed by atoms with Crippen molar-refractivity contribution in [3.63, 3.8) is 0 Å². The normalized spacial score (nSPS) is 12.5. The average Bonchev–Trinajstić information content (AvgIpc) is 3.49. The maximum atomic E-state index is 13.2. The van der Waals surface area contributed by atoms with Crippen LogP contribution in [0.25, 0.3) is 0 Å². The highest BCUT2D eigenvalue weighted by molar-refractivity contribution is 6.31. The minimum atomic E-state index is -0.822. The molecule has 0 aliphatic carbocycles. The minimum Gasteiger partial charge on any atom is -0.414 e.